The topological polar surface area (TPSA) is 64.9 Å². The van der Waals surface area contributed by atoms with Gasteiger partial charge in [0.15, 0.2) is 0 Å². The van der Waals surface area contributed by atoms with Crippen molar-refractivity contribution in [2.24, 2.45) is 7.05 Å². The van der Waals surface area contributed by atoms with E-state index in [-0.39, 0.29) is 0 Å². The predicted molar refractivity (Wildman–Crippen MR) is 69.1 cm³/mol. The summed E-state index contributed by atoms with van der Waals surface area (Å²) < 4.78 is 6.77. The van der Waals surface area contributed by atoms with Crippen LogP contribution in [0.3, 0.4) is 0 Å². The highest BCUT2D eigenvalue weighted by molar-refractivity contribution is 6.35. The molecule has 0 radical (unpaired) electrons. The zero-order chi connectivity index (χ0) is 13.1. The van der Waals surface area contributed by atoms with Gasteiger partial charge in [0.2, 0.25) is 5.95 Å². The van der Waals surface area contributed by atoms with E-state index >= 15 is 0 Å². The molecule has 2 rings (SSSR count). The van der Waals surface area contributed by atoms with E-state index in [0.29, 0.717) is 28.3 Å². The molecule has 1 heterocycles. The summed E-state index contributed by atoms with van der Waals surface area (Å²) in [6.45, 7) is 0.456. The molecule has 0 saturated heterocycles. The maximum atomic E-state index is 6.04. The minimum atomic E-state index is 0.456. The lowest BCUT2D eigenvalue weighted by Gasteiger charge is -2.11. The van der Waals surface area contributed by atoms with E-state index in [1.165, 1.54) is 4.68 Å². The van der Waals surface area contributed by atoms with Crippen LogP contribution in [-0.2, 0) is 13.6 Å². The lowest BCUT2D eigenvalue weighted by atomic mass is 10.2. The van der Waals surface area contributed by atoms with E-state index < -0.39 is 0 Å². The lowest BCUT2D eigenvalue weighted by molar-refractivity contribution is 0.410. The number of aromatic nitrogens is 4. The molecule has 8 heteroatoms. The van der Waals surface area contributed by atoms with Crippen LogP contribution < -0.4 is 10.1 Å². The Hall–Kier alpha value is -1.53. The lowest BCUT2D eigenvalue weighted by Crippen LogP contribution is -2.07. The smallest absolute Gasteiger partial charge is 0.242 e. The summed E-state index contributed by atoms with van der Waals surface area (Å²) in [4.78, 5) is 0. The molecule has 0 saturated carbocycles. The maximum Gasteiger partial charge on any atom is 0.242 e. The van der Waals surface area contributed by atoms with E-state index in [0.717, 1.165) is 5.56 Å². The second kappa shape index (κ2) is 5.41. The minimum absolute atomic E-state index is 0.456. The standard InChI is InChI=1S/C10H11Cl2N5O/c1-17-10(14-15-16-17)13-5-6-3-7(11)4-8(12)9(6)18-2/h3-4H,5H2,1-2H3,(H,13,14,16). The average Bonchev–Trinajstić information content (AvgIpc) is 2.71. The fourth-order valence-corrected chi connectivity index (χ4v) is 2.14. The molecule has 0 atom stereocenters. The van der Waals surface area contributed by atoms with Gasteiger partial charge in [-0.3, -0.25) is 0 Å². The second-order valence-electron chi connectivity index (χ2n) is 3.56. The van der Waals surface area contributed by atoms with Crippen LogP contribution in [0.1, 0.15) is 5.56 Å². The van der Waals surface area contributed by atoms with Crippen LogP contribution in [0.5, 0.6) is 5.75 Å². The van der Waals surface area contributed by atoms with Gasteiger partial charge in [-0.25, -0.2) is 4.68 Å². The predicted octanol–water partition coefficient (Wildman–Crippen LogP) is 2.14. The number of hydrogen-bond acceptors (Lipinski definition) is 5. The van der Waals surface area contributed by atoms with E-state index in [1.807, 2.05) is 0 Å². The molecule has 1 N–H and O–H groups in total. The van der Waals surface area contributed by atoms with Crippen LogP contribution in [0.15, 0.2) is 12.1 Å². The molecular formula is C10H11Cl2N5O. The number of rotatable bonds is 4. The van der Waals surface area contributed by atoms with Crippen molar-refractivity contribution in [1.29, 1.82) is 0 Å². The molecule has 0 unspecified atom stereocenters. The molecule has 0 bridgehead atoms. The zero-order valence-corrected chi connectivity index (χ0v) is 11.3. The number of hydrogen-bond donors (Lipinski definition) is 1. The SMILES string of the molecule is COc1c(Cl)cc(Cl)cc1CNc1nnnn1C. The molecule has 96 valence electrons. The molecule has 0 spiro atoms. The number of anilines is 1. The van der Waals surface area contributed by atoms with Crippen molar-refractivity contribution in [3.05, 3.63) is 27.7 Å². The Morgan fingerprint density at radius 2 is 2.17 bits per heavy atom. The quantitative estimate of drug-likeness (QED) is 0.933. The first kappa shape index (κ1) is 12.9. The molecule has 0 fully saturated rings. The van der Waals surface area contributed by atoms with E-state index in [4.69, 9.17) is 27.9 Å². The van der Waals surface area contributed by atoms with Crippen molar-refractivity contribution >= 4 is 29.2 Å². The summed E-state index contributed by atoms with van der Waals surface area (Å²) in [5.74, 6) is 1.14. The third-order valence-corrected chi connectivity index (χ3v) is 2.85. The molecule has 6 nitrogen and oxygen atoms in total. The highest BCUT2D eigenvalue weighted by Crippen LogP contribution is 2.32. The molecular weight excluding hydrogens is 277 g/mol. The summed E-state index contributed by atoms with van der Waals surface area (Å²) in [6, 6.07) is 3.42. The van der Waals surface area contributed by atoms with Crippen molar-refractivity contribution < 1.29 is 4.74 Å². The van der Waals surface area contributed by atoms with E-state index in [1.54, 1.807) is 26.3 Å². The van der Waals surface area contributed by atoms with Gasteiger partial charge in [-0.2, -0.15) is 0 Å². The van der Waals surface area contributed by atoms with Gasteiger partial charge in [0, 0.05) is 24.2 Å². The summed E-state index contributed by atoms with van der Waals surface area (Å²) in [5.41, 5.74) is 0.831. The van der Waals surface area contributed by atoms with Crippen LogP contribution in [0.4, 0.5) is 5.95 Å². The van der Waals surface area contributed by atoms with E-state index in [2.05, 4.69) is 20.8 Å². The summed E-state index contributed by atoms with van der Waals surface area (Å²) in [5, 5.41) is 15.1. The minimum Gasteiger partial charge on any atom is -0.495 e. The Morgan fingerprint density at radius 3 is 2.78 bits per heavy atom. The number of nitrogens with zero attached hydrogens (tertiary/aromatic N) is 4. The third-order valence-electron chi connectivity index (χ3n) is 2.35. The van der Waals surface area contributed by atoms with Crippen LogP contribution in [0.2, 0.25) is 10.0 Å². The van der Waals surface area contributed by atoms with Gasteiger partial charge in [-0.05, 0) is 22.6 Å². The van der Waals surface area contributed by atoms with Crippen LogP contribution in [-0.4, -0.2) is 27.3 Å². The van der Waals surface area contributed by atoms with Crippen LogP contribution in [0.25, 0.3) is 0 Å². The van der Waals surface area contributed by atoms with Crippen LogP contribution in [0, 0.1) is 0 Å². The number of ether oxygens (including phenoxy) is 1. The number of aryl methyl sites for hydroxylation is 1. The van der Waals surface area contributed by atoms with Gasteiger partial charge >= 0.3 is 0 Å². The van der Waals surface area contributed by atoms with Crippen molar-refractivity contribution in [3.63, 3.8) is 0 Å². The normalized spacial score (nSPS) is 10.4. The van der Waals surface area contributed by atoms with Gasteiger partial charge in [0.1, 0.15) is 5.75 Å². The summed E-state index contributed by atoms with van der Waals surface area (Å²) in [7, 11) is 3.30. The van der Waals surface area contributed by atoms with E-state index in [9.17, 15) is 0 Å². The van der Waals surface area contributed by atoms with Gasteiger partial charge in [0.05, 0.1) is 12.1 Å². The maximum absolute atomic E-state index is 6.04. The highest BCUT2D eigenvalue weighted by atomic mass is 35.5. The molecule has 0 aliphatic rings. The van der Waals surface area contributed by atoms with Crippen LogP contribution >= 0.6 is 23.2 Å². The summed E-state index contributed by atoms with van der Waals surface area (Å²) >= 11 is 12.0. The number of halogens is 2. The molecule has 1 aromatic carbocycles. The van der Waals surface area contributed by atoms with Gasteiger partial charge in [0.25, 0.3) is 0 Å². The first-order valence-electron chi connectivity index (χ1n) is 5.10. The molecule has 0 aliphatic heterocycles. The van der Waals surface area contributed by atoms with Gasteiger partial charge in [-0.1, -0.05) is 28.3 Å². The number of methoxy groups -OCH3 is 1. The largest absolute Gasteiger partial charge is 0.495 e. The number of tetrazole rings is 1. The van der Waals surface area contributed by atoms with Gasteiger partial charge < -0.3 is 10.1 Å². The Balaban J connectivity index is 2.21. The van der Waals surface area contributed by atoms with Gasteiger partial charge in [-0.15, -0.1) is 0 Å². The highest BCUT2D eigenvalue weighted by Gasteiger charge is 2.10. The summed E-state index contributed by atoms with van der Waals surface area (Å²) in [6.07, 6.45) is 0. The Kier molecular flexibility index (Phi) is 3.88. The van der Waals surface area contributed by atoms with Crippen molar-refractivity contribution in [2.45, 2.75) is 6.54 Å². The average molecular weight is 288 g/mol. The Labute approximate surface area is 114 Å². The fourth-order valence-electron chi connectivity index (χ4n) is 1.53. The molecule has 0 amide bonds. The van der Waals surface area contributed by atoms with Crippen molar-refractivity contribution in [1.82, 2.24) is 20.2 Å². The first-order valence-corrected chi connectivity index (χ1v) is 5.85. The monoisotopic (exact) mass is 287 g/mol. The molecule has 0 aliphatic carbocycles. The zero-order valence-electron chi connectivity index (χ0n) is 9.81. The Bertz CT molecular complexity index is 557. The second-order valence-corrected chi connectivity index (χ2v) is 4.40. The first-order chi connectivity index (χ1) is 8.61. The number of benzene rings is 1. The van der Waals surface area contributed by atoms with Crippen molar-refractivity contribution in [2.75, 3.05) is 12.4 Å². The molecule has 1 aromatic heterocycles. The Morgan fingerprint density at radius 1 is 1.39 bits per heavy atom. The molecule has 18 heavy (non-hydrogen) atoms. The molecule has 2 aromatic rings. The fraction of sp³-hybridized carbons (Fsp3) is 0.300. The van der Waals surface area contributed by atoms with Crippen molar-refractivity contribution in [3.8, 4) is 5.75 Å². The third kappa shape index (κ3) is 2.65. The number of nitrogens with one attached hydrogen (secondary N) is 1.